The summed E-state index contributed by atoms with van der Waals surface area (Å²) in [6.07, 6.45) is 11.7. The van der Waals surface area contributed by atoms with Crippen molar-refractivity contribution in [2.75, 3.05) is 0 Å². The minimum absolute atomic E-state index is 0.892. The van der Waals surface area contributed by atoms with E-state index in [9.17, 15) is 0 Å². The summed E-state index contributed by atoms with van der Waals surface area (Å²) >= 11 is 0. The minimum Gasteiger partial charge on any atom is -0.359 e. The predicted molar refractivity (Wildman–Crippen MR) is 156 cm³/mol. The monoisotopic (exact) mass is 485 g/mol. The molecule has 0 radical (unpaired) electrons. The maximum absolute atomic E-state index is 4.68. The van der Waals surface area contributed by atoms with E-state index in [0.29, 0.717) is 0 Å². The van der Waals surface area contributed by atoms with Gasteiger partial charge in [-0.1, -0.05) is 56.8 Å². The number of aromatic nitrogens is 4. The third-order valence-corrected chi connectivity index (χ3v) is 6.50. The maximum atomic E-state index is 4.68. The summed E-state index contributed by atoms with van der Waals surface area (Å²) in [4.78, 5) is 7.87. The third-order valence-electron chi connectivity index (χ3n) is 6.50. The molecule has 0 aliphatic rings. The molecule has 37 heavy (non-hydrogen) atoms. The highest BCUT2D eigenvalue weighted by molar-refractivity contribution is 6.01. The molecule has 0 spiro atoms. The highest BCUT2D eigenvalue weighted by atomic mass is 15.1. The molecule has 0 amide bonds. The van der Waals surface area contributed by atoms with Crippen molar-refractivity contribution in [3.63, 3.8) is 0 Å². The highest BCUT2D eigenvalue weighted by Crippen LogP contribution is 2.34. The van der Waals surface area contributed by atoms with Crippen LogP contribution in [0.5, 0.6) is 0 Å². The van der Waals surface area contributed by atoms with Crippen LogP contribution in [0.4, 0.5) is 0 Å². The molecule has 5 rings (SSSR count). The molecule has 0 saturated heterocycles. The van der Waals surface area contributed by atoms with Gasteiger partial charge in [0.15, 0.2) is 0 Å². The Hall–Kier alpha value is -4.64. The molecule has 3 aromatic heterocycles. The molecule has 5 heteroatoms. The molecular weight excluding hydrogens is 454 g/mol. The Kier molecular flexibility index (Phi) is 6.86. The summed E-state index contributed by atoms with van der Waals surface area (Å²) in [6.45, 7) is 12.3. The second-order valence-corrected chi connectivity index (χ2v) is 9.05. The van der Waals surface area contributed by atoms with Gasteiger partial charge in [-0.05, 0) is 72.5 Å². The van der Waals surface area contributed by atoms with E-state index in [1.165, 1.54) is 0 Å². The third kappa shape index (κ3) is 4.89. The topological polar surface area (TPSA) is 69.4 Å². The number of rotatable bonds is 9. The van der Waals surface area contributed by atoms with E-state index >= 15 is 0 Å². The summed E-state index contributed by atoms with van der Waals surface area (Å²) in [7, 11) is 0. The maximum Gasteiger partial charge on any atom is 0.116 e. The van der Waals surface area contributed by atoms with Crippen molar-refractivity contribution in [3.8, 4) is 22.5 Å². The molecule has 0 saturated carbocycles. The number of benzene rings is 2. The standard InChI is InChI=1S/C32H31N5/c1-5-10-21(4)34-25(7-3)17-22(6-2)23-14-15-30-28(18-23)32(37-36-30)31-19-27-26(12-8-13-29(27)35-31)24-11-9-16-33-20-24/h6-9,11-20,34-35H,3-5,10H2,1-2H3,(H,36,37)/b22-6+,25-17+. The van der Waals surface area contributed by atoms with Crippen LogP contribution >= 0.6 is 0 Å². The van der Waals surface area contributed by atoms with Crippen molar-refractivity contribution in [2.24, 2.45) is 0 Å². The average Bonchev–Trinajstić information content (AvgIpc) is 3.55. The van der Waals surface area contributed by atoms with Gasteiger partial charge in [-0.2, -0.15) is 5.10 Å². The summed E-state index contributed by atoms with van der Waals surface area (Å²) in [5, 5.41) is 13.5. The van der Waals surface area contributed by atoms with Gasteiger partial charge in [-0.25, -0.2) is 0 Å². The zero-order valence-corrected chi connectivity index (χ0v) is 21.3. The highest BCUT2D eigenvalue weighted by Gasteiger charge is 2.14. The van der Waals surface area contributed by atoms with Crippen molar-refractivity contribution in [2.45, 2.75) is 26.7 Å². The van der Waals surface area contributed by atoms with Crippen LogP contribution in [0.15, 0.2) is 110 Å². The van der Waals surface area contributed by atoms with Crippen LogP contribution in [0.25, 0.3) is 49.9 Å². The molecule has 5 nitrogen and oxygen atoms in total. The van der Waals surface area contributed by atoms with Gasteiger partial charge in [-0.3, -0.25) is 10.1 Å². The Bertz CT molecular complexity index is 1650. The van der Waals surface area contributed by atoms with E-state index < -0.39 is 0 Å². The van der Waals surface area contributed by atoms with E-state index in [1.807, 2.05) is 25.3 Å². The fourth-order valence-electron chi connectivity index (χ4n) is 4.67. The van der Waals surface area contributed by atoms with Crippen LogP contribution in [0.2, 0.25) is 0 Å². The molecular formula is C32H31N5. The summed E-state index contributed by atoms with van der Waals surface area (Å²) in [5.74, 6) is 0. The SMILES string of the molecule is C=C/C(=C\C(=C/C)c1ccc2[nH]nc(-c3cc4c(-c5cccnc5)cccc4[nH]3)c2c1)NC(=C)CCC. The second kappa shape index (κ2) is 10.5. The number of pyridine rings is 1. The van der Waals surface area contributed by atoms with E-state index in [0.717, 1.165) is 79.7 Å². The molecule has 3 N–H and O–H groups in total. The zero-order chi connectivity index (χ0) is 25.8. The van der Waals surface area contributed by atoms with Gasteiger partial charge in [0.05, 0.1) is 11.2 Å². The second-order valence-electron chi connectivity index (χ2n) is 9.05. The number of nitrogens with one attached hydrogen (secondary N) is 3. The first kappa shape index (κ1) is 24.1. The molecule has 0 unspecified atom stereocenters. The number of fused-ring (bicyclic) bond motifs is 2. The number of allylic oxidation sites excluding steroid dienone is 5. The van der Waals surface area contributed by atoms with Gasteiger partial charge in [0, 0.05) is 45.6 Å². The zero-order valence-electron chi connectivity index (χ0n) is 21.3. The number of hydrogen-bond donors (Lipinski definition) is 3. The first-order chi connectivity index (χ1) is 18.1. The van der Waals surface area contributed by atoms with Gasteiger partial charge < -0.3 is 10.3 Å². The fourth-order valence-corrected chi connectivity index (χ4v) is 4.67. The minimum atomic E-state index is 0.892. The summed E-state index contributed by atoms with van der Waals surface area (Å²) < 4.78 is 0. The van der Waals surface area contributed by atoms with Crippen LogP contribution in [0.1, 0.15) is 32.3 Å². The molecule has 0 bridgehead atoms. The molecule has 2 aromatic carbocycles. The van der Waals surface area contributed by atoms with Crippen molar-refractivity contribution >= 4 is 27.4 Å². The number of aromatic amines is 2. The Morgan fingerprint density at radius 1 is 1.05 bits per heavy atom. The van der Waals surface area contributed by atoms with E-state index in [2.05, 4.69) is 106 Å². The molecule has 5 aromatic rings. The lowest BCUT2D eigenvalue weighted by atomic mass is 10.0. The first-order valence-electron chi connectivity index (χ1n) is 12.6. The lowest BCUT2D eigenvalue weighted by Crippen LogP contribution is -2.10. The Morgan fingerprint density at radius 2 is 1.95 bits per heavy atom. The lowest BCUT2D eigenvalue weighted by Gasteiger charge is -2.11. The number of nitrogens with zero attached hydrogens (tertiary/aromatic N) is 2. The van der Waals surface area contributed by atoms with Gasteiger partial charge >= 0.3 is 0 Å². The van der Waals surface area contributed by atoms with Crippen molar-refractivity contribution < 1.29 is 0 Å². The van der Waals surface area contributed by atoms with Gasteiger partial charge in [-0.15, -0.1) is 0 Å². The van der Waals surface area contributed by atoms with Crippen LogP contribution in [0, 0.1) is 0 Å². The molecule has 0 aliphatic carbocycles. The number of hydrogen-bond acceptors (Lipinski definition) is 3. The lowest BCUT2D eigenvalue weighted by molar-refractivity contribution is 0.829. The summed E-state index contributed by atoms with van der Waals surface area (Å²) in [5.41, 5.74) is 10.3. The van der Waals surface area contributed by atoms with E-state index in [-0.39, 0.29) is 0 Å². The molecule has 3 heterocycles. The van der Waals surface area contributed by atoms with Crippen LogP contribution in [-0.4, -0.2) is 20.2 Å². The Morgan fingerprint density at radius 3 is 2.70 bits per heavy atom. The summed E-state index contributed by atoms with van der Waals surface area (Å²) in [6, 6.07) is 18.9. The largest absolute Gasteiger partial charge is 0.359 e. The normalized spacial score (nSPS) is 12.3. The molecule has 0 fully saturated rings. The quantitative estimate of drug-likeness (QED) is 0.185. The molecule has 0 aliphatic heterocycles. The van der Waals surface area contributed by atoms with Gasteiger partial charge in [0.25, 0.3) is 0 Å². The molecule has 184 valence electrons. The molecule has 0 atom stereocenters. The smallest absolute Gasteiger partial charge is 0.116 e. The van der Waals surface area contributed by atoms with Crippen LogP contribution in [-0.2, 0) is 0 Å². The number of H-pyrrole nitrogens is 2. The van der Waals surface area contributed by atoms with Gasteiger partial charge in [0.2, 0.25) is 0 Å². The predicted octanol–water partition coefficient (Wildman–Crippen LogP) is 8.15. The van der Waals surface area contributed by atoms with E-state index in [4.69, 9.17) is 0 Å². The van der Waals surface area contributed by atoms with E-state index in [1.54, 1.807) is 6.20 Å². The fraction of sp³-hybridized carbons (Fsp3) is 0.125. The van der Waals surface area contributed by atoms with Crippen LogP contribution < -0.4 is 5.32 Å². The van der Waals surface area contributed by atoms with Crippen molar-refractivity contribution in [1.29, 1.82) is 0 Å². The Labute approximate surface area is 217 Å². The first-order valence-corrected chi connectivity index (χ1v) is 12.6. The van der Waals surface area contributed by atoms with Crippen molar-refractivity contribution in [3.05, 3.63) is 115 Å². The Balaban J connectivity index is 1.55. The van der Waals surface area contributed by atoms with Crippen LogP contribution in [0.3, 0.4) is 0 Å². The van der Waals surface area contributed by atoms with Gasteiger partial charge in [0.1, 0.15) is 5.69 Å². The van der Waals surface area contributed by atoms with Crippen molar-refractivity contribution in [1.82, 2.24) is 25.5 Å². The average molecular weight is 486 g/mol.